The largest absolute Gasteiger partial charge is 0.465 e. The number of nitrogens with zero attached hydrogens (tertiary/aromatic N) is 2. The number of aliphatic hydroxyl groups is 1. The fourth-order valence-corrected chi connectivity index (χ4v) is 3.69. The van der Waals surface area contributed by atoms with Crippen LogP contribution in [0.4, 0.5) is 9.59 Å². The van der Waals surface area contributed by atoms with Gasteiger partial charge in [0.25, 0.3) is 0 Å². The number of carboxylic acid groups (broad SMARTS) is 1. The molecule has 1 fully saturated rings. The molecule has 0 unspecified atom stereocenters. The summed E-state index contributed by atoms with van der Waals surface area (Å²) in [6, 6.07) is 9.02. The Morgan fingerprint density at radius 2 is 1.77 bits per heavy atom. The number of amides is 2. The van der Waals surface area contributed by atoms with Crippen molar-refractivity contribution >= 4 is 12.2 Å². The molecule has 2 rings (SSSR count). The van der Waals surface area contributed by atoms with Crippen LogP contribution in [0.5, 0.6) is 0 Å². The summed E-state index contributed by atoms with van der Waals surface area (Å²) in [5, 5.41) is 19.9. The lowest BCUT2D eigenvalue weighted by atomic mass is 10.0. The van der Waals surface area contributed by atoms with Gasteiger partial charge in [0.1, 0.15) is 5.60 Å². The molecule has 7 heteroatoms. The predicted octanol–water partition coefficient (Wildman–Crippen LogP) is 4.34. The van der Waals surface area contributed by atoms with E-state index in [0.29, 0.717) is 19.3 Å². The number of aliphatic hydroxyl groups excluding tert-OH is 1. The van der Waals surface area contributed by atoms with Crippen molar-refractivity contribution in [1.82, 2.24) is 9.80 Å². The van der Waals surface area contributed by atoms with Gasteiger partial charge in [-0.25, -0.2) is 9.59 Å². The zero-order valence-corrected chi connectivity index (χ0v) is 18.8. The van der Waals surface area contributed by atoms with Crippen LogP contribution in [0.2, 0.25) is 0 Å². The molecule has 0 bridgehead atoms. The minimum absolute atomic E-state index is 0.195. The molecule has 0 heterocycles. The van der Waals surface area contributed by atoms with Crippen LogP contribution in [-0.4, -0.2) is 62.5 Å². The van der Waals surface area contributed by atoms with E-state index in [4.69, 9.17) is 4.74 Å². The summed E-state index contributed by atoms with van der Waals surface area (Å²) in [4.78, 5) is 28.1. The van der Waals surface area contributed by atoms with Gasteiger partial charge in [0, 0.05) is 13.1 Å². The van der Waals surface area contributed by atoms with Crippen LogP contribution in [0.15, 0.2) is 30.3 Å². The Morgan fingerprint density at radius 1 is 1.17 bits per heavy atom. The minimum Gasteiger partial charge on any atom is -0.465 e. The third kappa shape index (κ3) is 6.62. The summed E-state index contributed by atoms with van der Waals surface area (Å²) in [6.45, 7) is 9.72. The zero-order valence-electron chi connectivity index (χ0n) is 18.8. The molecule has 2 N–H and O–H groups in total. The molecule has 30 heavy (non-hydrogen) atoms. The highest BCUT2D eigenvalue weighted by Crippen LogP contribution is 2.44. The Morgan fingerprint density at radius 3 is 2.20 bits per heavy atom. The summed E-state index contributed by atoms with van der Waals surface area (Å²) < 4.78 is 5.61. The highest BCUT2D eigenvalue weighted by molar-refractivity contribution is 5.70. The van der Waals surface area contributed by atoms with Crippen molar-refractivity contribution in [3.05, 3.63) is 35.9 Å². The average molecular weight is 421 g/mol. The molecule has 0 aliphatic heterocycles. The Kier molecular flexibility index (Phi) is 7.75. The summed E-state index contributed by atoms with van der Waals surface area (Å²) in [6.07, 6.45) is 0.428. The van der Waals surface area contributed by atoms with Crippen LogP contribution >= 0.6 is 0 Å². The molecule has 1 aromatic rings. The Balaban J connectivity index is 2.28. The third-order valence-electron chi connectivity index (χ3n) is 5.30. The first-order valence-electron chi connectivity index (χ1n) is 10.6. The number of hydrogen-bond donors (Lipinski definition) is 2. The Labute approximate surface area is 179 Å². The van der Waals surface area contributed by atoms with Gasteiger partial charge in [-0.3, -0.25) is 4.90 Å². The van der Waals surface area contributed by atoms with Crippen molar-refractivity contribution in [3.8, 4) is 0 Å². The first-order valence-corrected chi connectivity index (χ1v) is 10.6. The fraction of sp³-hybridized carbons (Fsp3) is 0.652. The molecule has 2 amide bonds. The van der Waals surface area contributed by atoms with Gasteiger partial charge in [-0.1, -0.05) is 44.2 Å². The van der Waals surface area contributed by atoms with E-state index in [2.05, 4.69) is 0 Å². The normalized spacial score (nSPS) is 16.1. The van der Waals surface area contributed by atoms with Crippen LogP contribution in [0, 0.1) is 5.92 Å². The van der Waals surface area contributed by atoms with E-state index in [1.165, 1.54) is 4.90 Å². The standard InChI is InChI=1S/C23H36N2O5/c1-17(2)13-19(15-26)24(21(29)30-22(3,4)5)16-23(11-12-23)25(20(27)28)14-18-9-7-6-8-10-18/h6-10,17,19,26H,11-16H2,1-5H3,(H,27,28)/t19-/m1/s1. The van der Waals surface area contributed by atoms with Crippen LogP contribution in [0.25, 0.3) is 0 Å². The van der Waals surface area contributed by atoms with Crippen LogP contribution in [-0.2, 0) is 11.3 Å². The van der Waals surface area contributed by atoms with E-state index < -0.39 is 29.4 Å². The number of benzene rings is 1. The molecule has 7 nitrogen and oxygen atoms in total. The van der Waals surface area contributed by atoms with Gasteiger partial charge in [-0.2, -0.15) is 0 Å². The summed E-state index contributed by atoms with van der Waals surface area (Å²) in [5.41, 5.74) is -0.445. The maximum Gasteiger partial charge on any atom is 0.410 e. The minimum atomic E-state index is -1.01. The SMILES string of the molecule is CC(C)C[C@H](CO)N(CC1(N(Cc2ccccc2)C(=O)O)CC1)C(=O)OC(C)(C)C. The topological polar surface area (TPSA) is 90.3 Å². The average Bonchev–Trinajstić information content (AvgIpc) is 3.42. The van der Waals surface area contributed by atoms with Crippen molar-refractivity contribution < 1.29 is 24.5 Å². The highest BCUT2D eigenvalue weighted by atomic mass is 16.6. The summed E-state index contributed by atoms with van der Waals surface area (Å²) in [7, 11) is 0. The second-order valence-electron chi connectivity index (χ2n) is 9.65. The Bertz CT molecular complexity index is 710. The lowest BCUT2D eigenvalue weighted by molar-refractivity contribution is -0.00405. The molecule has 1 atom stereocenters. The van der Waals surface area contributed by atoms with Gasteiger partial charge in [-0.15, -0.1) is 0 Å². The van der Waals surface area contributed by atoms with Gasteiger partial charge in [0.2, 0.25) is 0 Å². The van der Waals surface area contributed by atoms with Gasteiger partial charge < -0.3 is 19.8 Å². The molecule has 1 saturated carbocycles. The van der Waals surface area contributed by atoms with Crippen LogP contribution in [0.3, 0.4) is 0 Å². The molecular formula is C23H36N2O5. The Hall–Kier alpha value is -2.28. The molecule has 0 spiro atoms. The maximum atomic E-state index is 13.0. The number of rotatable bonds is 9. The molecule has 1 aliphatic rings. The maximum absolute atomic E-state index is 13.0. The van der Waals surface area contributed by atoms with E-state index in [1.807, 2.05) is 44.2 Å². The monoisotopic (exact) mass is 420 g/mol. The predicted molar refractivity (Wildman–Crippen MR) is 115 cm³/mol. The molecule has 168 valence electrons. The molecule has 1 aromatic carbocycles. The number of ether oxygens (including phenoxy) is 1. The van der Waals surface area contributed by atoms with E-state index in [0.717, 1.165) is 5.56 Å². The van der Waals surface area contributed by atoms with E-state index in [-0.39, 0.29) is 25.6 Å². The quantitative estimate of drug-likeness (QED) is 0.620. The van der Waals surface area contributed by atoms with E-state index in [1.54, 1.807) is 25.7 Å². The van der Waals surface area contributed by atoms with Gasteiger partial charge in [-0.05, 0) is 51.5 Å². The lowest BCUT2D eigenvalue weighted by Gasteiger charge is -2.39. The summed E-state index contributed by atoms with van der Waals surface area (Å²) in [5.74, 6) is 0.266. The number of hydrogen-bond acceptors (Lipinski definition) is 4. The molecule has 0 radical (unpaired) electrons. The van der Waals surface area contributed by atoms with Crippen LogP contribution in [0.1, 0.15) is 59.4 Å². The number of carbonyl (C=O) groups excluding carboxylic acids is 1. The first kappa shape index (κ1) is 24.0. The summed E-state index contributed by atoms with van der Waals surface area (Å²) >= 11 is 0. The molecule has 1 aliphatic carbocycles. The molecule has 0 aromatic heterocycles. The van der Waals surface area contributed by atoms with Gasteiger partial charge in [0.05, 0.1) is 18.2 Å². The highest BCUT2D eigenvalue weighted by Gasteiger charge is 2.53. The van der Waals surface area contributed by atoms with Crippen molar-refractivity contribution in [2.24, 2.45) is 5.92 Å². The molecule has 0 saturated heterocycles. The third-order valence-corrected chi connectivity index (χ3v) is 5.30. The van der Waals surface area contributed by atoms with Crippen molar-refractivity contribution in [2.45, 2.75) is 77.6 Å². The lowest BCUT2D eigenvalue weighted by Crippen LogP contribution is -2.54. The number of carbonyl (C=O) groups is 2. The second kappa shape index (κ2) is 9.69. The van der Waals surface area contributed by atoms with Crippen molar-refractivity contribution in [1.29, 1.82) is 0 Å². The smallest absolute Gasteiger partial charge is 0.410 e. The van der Waals surface area contributed by atoms with Crippen molar-refractivity contribution in [3.63, 3.8) is 0 Å². The molecular weight excluding hydrogens is 384 g/mol. The van der Waals surface area contributed by atoms with E-state index in [9.17, 15) is 19.8 Å². The zero-order chi connectivity index (χ0) is 22.5. The van der Waals surface area contributed by atoms with Crippen molar-refractivity contribution in [2.75, 3.05) is 13.2 Å². The fourth-order valence-electron chi connectivity index (χ4n) is 3.69. The van der Waals surface area contributed by atoms with Crippen LogP contribution < -0.4 is 0 Å². The van der Waals surface area contributed by atoms with E-state index >= 15 is 0 Å². The first-order chi connectivity index (χ1) is 14.0. The van der Waals surface area contributed by atoms with Gasteiger partial charge >= 0.3 is 12.2 Å². The second-order valence-corrected chi connectivity index (χ2v) is 9.65. The van der Waals surface area contributed by atoms with Gasteiger partial charge in [0.15, 0.2) is 0 Å².